The number of benzene rings is 3. The highest BCUT2D eigenvalue weighted by atomic mass is 32.2. The molecule has 0 aliphatic heterocycles. The smallest absolute Gasteiger partial charge is 0.264 e. The molecule has 0 saturated carbocycles. The normalized spacial score (nSPS) is 12.0. The minimum absolute atomic E-state index is 0.0959. The number of unbranched alkanes of at least 4 members (excludes halogenated alkanes) is 1. The van der Waals surface area contributed by atoms with Crippen molar-refractivity contribution in [3.8, 4) is 0 Å². The number of hydrogen-bond donors (Lipinski definition) is 1. The van der Waals surface area contributed by atoms with Gasteiger partial charge in [0.25, 0.3) is 10.0 Å². The largest absolute Gasteiger partial charge is 0.354 e. The lowest BCUT2D eigenvalue weighted by Gasteiger charge is -2.32. The van der Waals surface area contributed by atoms with Crippen LogP contribution in [0.3, 0.4) is 0 Å². The topological polar surface area (TPSA) is 86.8 Å². The summed E-state index contributed by atoms with van der Waals surface area (Å²) < 4.78 is 28.7. The Labute approximate surface area is 232 Å². The summed E-state index contributed by atoms with van der Waals surface area (Å²) in [6, 6.07) is 24.2. The predicted octanol–water partition coefficient (Wildman–Crippen LogP) is 4.82. The number of rotatable bonds is 14. The number of hydrogen-bond acceptors (Lipinski definition) is 4. The zero-order chi connectivity index (χ0) is 28.3. The number of nitrogens with one attached hydrogen (secondary N) is 1. The Morgan fingerprint density at radius 2 is 1.46 bits per heavy atom. The summed E-state index contributed by atoms with van der Waals surface area (Å²) in [5, 5.41) is 2.91. The van der Waals surface area contributed by atoms with Crippen molar-refractivity contribution in [2.24, 2.45) is 0 Å². The maximum Gasteiger partial charge on any atom is 0.264 e. The fraction of sp³-hybridized carbons (Fsp3) is 0.355. The maximum absolute atomic E-state index is 13.9. The van der Waals surface area contributed by atoms with Crippen LogP contribution in [0.5, 0.6) is 0 Å². The SMILES string of the molecule is CCCCNC(=O)[C@H](C)N(CCc1ccccc1)C(=O)CN(c1ccc(CC)cc1)S(=O)(=O)c1ccccc1. The molecule has 3 aromatic carbocycles. The van der Waals surface area contributed by atoms with Gasteiger partial charge in [-0.25, -0.2) is 8.42 Å². The van der Waals surface area contributed by atoms with Gasteiger partial charge in [0.05, 0.1) is 10.6 Å². The first kappa shape index (κ1) is 29.9. The molecule has 0 aliphatic carbocycles. The molecule has 3 rings (SSSR count). The lowest BCUT2D eigenvalue weighted by Crippen LogP contribution is -2.52. The van der Waals surface area contributed by atoms with Crippen LogP contribution >= 0.6 is 0 Å². The van der Waals surface area contributed by atoms with Gasteiger partial charge in [-0.1, -0.05) is 80.9 Å². The van der Waals surface area contributed by atoms with Crippen molar-refractivity contribution in [1.82, 2.24) is 10.2 Å². The van der Waals surface area contributed by atoms with Crippen molar-refractivity contribution in [1.29, 1.82) is 0 Å². The summed E-state index contributed by atoms with van der Waals surface area (Å²) in [6.45, 7) is 6.13. The van der Waals surface area contributed by atoms with Gasteiger partial charge in [0, 0.05) is 13.1 Å². The van der Waals surface area contributed by atoms with Crippen LogP contribution in [0.4, 0.5) is 5.69 Å². The van der Waals surface area contributed by atoms with E-state index in [9.17, 15) is 18.0 Å². The van der Waals surface area contributed by atoms with Gasteiger partial charge < -0.3 is 10.2 Å². The quantitative estimate of drug-likeness (QED) is 0.292. The van der Waals surface area contributed by atoms with Gasteiger partial charge in [0.1, 0.15) is 12.6 Å². The standard InChI is InChI=1S/C31H39N3O4S/c1-4-6-22-32-31(36)25(3)33(23-21-27-13-9-7-10-14-27)30(35)24-34(28-19-17-26(5-2)18-20-28)39(37,38)29-15-11-8-12-16-29/h7-20,25H,4-6,21-24H2,1-3H3,(H,32,36)/t25-/m0/s1. The molecule has 39 heavy (non-hydrogen) atoms. The Morgan fingerprint density at radius 3 is 2.05 bits per heavy atom. The summed E-state index contributed by atoms with van der Waals surface area (Å²) in [6.07, 6.45) is 3.13. The number of carbonyl (C=O) groups excluding carboxylic acids is 2. The molecule has 0 aromatic heterocycles. The van der Waals surface area contributed by atoms with Crippen molar-refractivity contribution in [2.75, 3.05) is 23.9 Å². The lowest BCUT2D eigenvalue weighted by molar-refractivity contribution is -0.138. The van der Waals surface area contributed by atoms with E-state index in [-0.39, 0.29) is 17.3 Å². The van der Waals surface area contributed by atoms with Crippen molar-refractivity contribution in [2.45, 2.75) is 57.4 Å². The predicted molar refractivity (Wildman–Crippen MR) is 156 cm³/mol. The molecule has 0 aliphatic rings. The second-order valence-corrected chi connectivity index (χ2v) is 11.4. The summed E-state index contributed by atoms with van der Waals surface area (Å²) in [5.74, 6) is -0.697. The van der Waals surface area contributed by atoms with Crippen molar-refractivity contribution in [3.05, 3.63) is 96.1 Å². The Bertz CT molecular complexity index is 1300. The molecule has 0 bridgehead atoms. The highest BCUT2D eigenvalue weighted by Gasteiger charge is 2.32. The Balaban J connectivity index is 1.93. The van der Waals surface area contributed by atoms with Crippen LogP contribution in [-0.2, 0) is 32.5 Å². The number of sulfonamides is 1. The van der Waals surface area contributed by atoms with Gasteiger partial charge in [-0.15, -0.1) is 0 Å². The summed E-state index contributed by atoms with van der Waals surface area (Å²) in [4.78, 5) is 28.4. The van der Waals surface area contributed by atoms with Crippen LogP contribution in [-0.4, -0.2) is 50.8 Å². The first-order valence-electron chi connectivity index (χ1n) is 13.6. The zero-order valence-electron chi connectivity index (χ0n) is 23.0. The number of aryl methyl sites for hydroxylation is 1. The van der Waals surface area contributed by atoms with Gasteiger partial charge in [0.15, 0.2) is 0 Å². The van der Waals surface area contributed by atoms with Crippen molar-refractivity contribution < 1.29 is 18.0 Å². The molecule has 0 saturated heterocycles. The van der Waals surface area contributed by atoms with Crippen LogP contribution in [0.25, 0.3) is 0 Å². The van der Waals surface area contributed by atoms with Gasteiger partial charge in [-0.3, -0.25) is 13.9 Å². The van der Waals surface area contributed by atoms with E-state index in [1.54, 1.807) is 37.3 Å². The number of nitrogens with zero attached hydrogens (tertiary/aromatic N) is 2. The van der Waals surface area contributed by atoms with E-state index >= 15 is 0 Å². The van der Waals surface area contributed by atoms with Crippen LogP contribution in [0, 0.1) is 0 Å². The van der Waals surface area contributed by atoms with Crippen molar-refractivity contribution >= 4 is 27.5 Å². The Morgan fingerprint density at radius 1 is 0.846 bits per heavy atom. The molecular weight excluding hydrogens is 510 g/mol. The van der Waals surface area contributed by atoms with E-state index in [1.165, 1.54) is 17.0 Å². The Kier molecular flexibility index (Phi) is 11.1. The van der Waals surface area contributed by atoms with E-state index in [4.69, 9.17) is 0 Å². The number of amides is 2. The second-order valence-electron chi connectivity index (χ2n) is 9.49. The summed E-state index contributed by atoms with van der Waals surface area (Å²) >= 11 is 0. The first-order chi connectivity index (χ1) is 18.8. The van der Waals surface area contributed by atoms with Gasteiger partial charge in [-0.05, 0) is 61.6 Å². The average molecular weight is 550 g/mol. The molecule has 3 aromatic rings. The molecule has 8 heteroatoms. The van der Waals surface area contributed by atoms with Gasteiger partial charge in [0.2, 0.25) is 11.8 Å². The molecule has 0 fully saturated rings. The fourth-order valence-corrected chi connectivity index (χ4v) is 5.69. The van der Waals surface area contributed by atoms with Crippen molar-refractivity contribution in [3.63, 3.8) is 0 Å². The fourth-order valence-electron chi connectivity index (χ4n) is 4.25. The summed E-state index contributed by atoms with van der Waals surface area (Å²) in [5.41, 5.74) is 2.48. The molecule has 1 N–H and O–H groups in total. The van der Waals surface area contributed by atoms with E-state index in [0.717, 1.165) is 34.7 Å². The first-order valence-corrected chi connectivity index (χ1v) is 15.0. The maximum atomic E-state index is 13.9. The van der Waals surface area contributed by atoms with Gasteiger partial charge in [-0.2, -0.15) is 0 Å². The molecule has 208 valence electrons. The third kappa shape index (κ3) is 8.17. The molecular formula is C31H39N3O4S. The van der Waals surface area contributed by atoms with Gasteiger partial charge >= 0.3 is 0 Å². The lowest BCUT2D eigenvalue weighted by atomic mass is 10.1. The zero-order valence-corrected chi connectivity index (χ0v) is 23.9. The van der Waals surface area contributed by atoms with Crippen LogP contribution in [0.1, 0.15) is 44.7 Å². The highest BCUT2D eigenvalue weighted by molar-refractivity contribution is 7.92. The van der Waals surface area contributed by atoms with Crippen LogP contribution < -0.4 is 9.62 Å². The number of carbonyl (C=O) groups is 2. The molecule has 0 spiro atoms. The molecule has 1 atom stereocenters. The van der Waals surface area contributed by atoms with E-state index in [2.05, 4.69) is 5.32 Å². The minimum Gasteiger partial charge on any atom is -0.354 e. The monoisotopic (exact) mass is 549 g/mol. The van der Waals surface area contributed by atoms with E-state index < -0.39 is 28.5 Å². The average Bonchev–Trinajstić information content (AvgIpc) is 2.97. The third-order valence-corrected chi connectivity index (χ3v) is 8.51. The molecule has 7 nitrogen and oxygen atoms in total. The van der Waals surface area contributed by atoms with E-state index in [1.807, 2.05) is 56.3 Å². The number of anilines is 1. The summed E-state index contributed by atoms with van der Waals surface area (Å²) in [7, 11) is -4.05. The van der Waals surface area contributed by atoms with Crippen LogP contribution in [0.2, 0.25) is 0 Å². The minimum atomic E-state index is -4.05. The van der Waals surface area contributed by atoms with E-state index in [0.29, 0.717) is 18.7 Å². The molecule has 0 unspecified atom stereocenters. The Hall–Kier alpha value is -3.65. The second kappa shape index (κ2) is 14.5. The molecule has 0 radical (unpaired) electrons. The highest BCUT2D eigenvalue weighted by Crippen LogP contribution is 2.25. The molecule has 0 heterocycles. The molecule has 2 amide bonds. The van der Waals surface area contributed by atoms with Crippen LogP contribution in [0.15, 0.2) is 89.8 Å². The third-order valence-electron chi connectivity index (χ3n) is 6.72.